The van der Waals surface area contributed by atoms with Gasteiger partial charge in [-0.2, -0.15) is 0 Å². The van der Waals surface area contributed by atoms with Gasteiger partial charge in [-0.05, 0) is 68.0 Å². The van der Waals surface area contributed by atoms with Gasteiger partial charge in [0.15, 0.2) is 11.5 Å². The van der Waals surface area contributed by atoms with Gasteiger partial charge in [-0.3, -0.25) is 24.2 Å². The van der Waals surface area contributed by atoms with Gasteiger partial charge in [0.1, 0.15) is 0 Å². The molecule has 1 aliphatic carbocycles. The van der Waals surface area contributed by atoms with Crippen LogP contribution in [0.5, 0.6) is 11.5 Å². The van der Waals surface area contributed by atoms with E-state index >= 15 is 0 Å². The second kappa shape index (κ2) is 14.0. The zero-order valence-electron chi connectivity index (χ0n) is 27.0. The maximum absolute atomic E-state index is 14.3. The van der Waals surface area contributed by atoms with Gasteiger partial charge in [0.05, 0.1) is 37.1 Å². The lowest BCUT2D eigenvalue weighted by Gasteiger charge is -2.39. The molecule has 0 bridgehead atoms. The molecule has 2 fully saturated rings. The first kappa shape index (κ1) is 31.6. The minimum atomic E-state index is -0.538. The van der Waals surface area contributed by atoms with E-state index in [0.717, 1.165) is 56.7 Å². The molecule has 1 saturated heterocycles. The number of carbonyl (C=O) groups excluding carboxylic acids is 3. The Hall–Kier alpha value is -4.37. The first-order chi connectivity index (χ1) is 22.4. The quantitative estimate of drug-likeness (QED) is 0.207. The van der Waals surface area contributed by atoms with Crippen LogP contribution in [0.4, 0.5) is 5.69 Å². The Morgan fingerprint density at radius 3 is 2.28 bits per heavy atom. The van der Waals surface area contributed by atoms with E-state index in [1.54, 1.807) is 26.4 Å². The number of rotatable bonds is 12. The second-order valence-corrected chi connectivity index (χ2v) is 12.5. The molecule has 9 heteroatoms. The summed E-state index contributed by atoms with van der Waals surface area (Å²) in [5.41, 5.74) is 3.79. The summed E-state index contributed by atoms with van der Waals surface area (Å²) in [7, 11) is 3.15. The molecule has 1 saturated carbocycles. The largest absolute Gasteiger partial charge is 0.493 e. The smallest absolute Gasteiger partial charge is 0.264 e. The van der Waals surface area contributed by atoms with E-state index in [0.29, 0.717) is 48.1 Å². The molecule has 6 rings (SSSR count). The van der Waals surface area contributed by atoms with Gasteiger partial charge < -0.3 is 19.7 Å². The van der Waals surface area contributed by atoms with Crippen molar-refractivity contribution in [3.63, 3.8) is 0 Å². The number of hydrogen-bond donors (Lipinski definition) is 1. The third kappa shape index (κ3) is 6.20. The lowest BCUT2D eigenvalue weighted by atomic mass is 9.85. The molecule has 2 heterocycles. The number of methoxy groups -OCH3 is 2. The summed E-state index contributed by atoms with van der Waals surface area (Å²) in [6, 6.07) is 21.4. The molecule has 3 amide bonds. The van der Waals surface area contributed by atoms with E-state index in [1.807, 2.05) is 30.3 Å². The number of amides is 3. The average Bonchev–Trinajstić information content (AvgIpc) is 3.32. The number of ether oxygens (including phenoxy) is 2. The van der Waals surface area contributed by atoms with E-state index in [2.05, 4.69) is 46.3 Å². The third-order valence-corrected chi connectivity index (χ3v) is 9.94. The fourth-order valence-electron chi connectivity index (χ4n) is 6.95. The molecular formula is C37H44N4O5. The van der Waals surface area contributed by atoms with Gasteiger partial charge in [-0.1, -0.05) is 48.9 Å². The number of hydrogen-bond acceptors (Lipinski definition) is 7. The lowest BCUT2D eigenvalue weighted by molar-refractivity contribution is -0.127. The summed E-state index contributed by atoms with van der Waals surface area (Å²) in [4.78, 5) is 47.0. The molecule has 2 atom stereocenters. The minimum Gasteiger partial charge on any atom is -0.493 e. The van der Waals surface area contributed by atoms with Gasteiger partial charge >= 0.3 is 0 Å². The van der Waals surface area contributed by atoms with E-state index in [9.17, 15) is 14.4 Å². The number of fused-ring (bicyclic) bond motifs is 1. The predicted molar refractivity (Wildman–Crippen MR) is 177 cm³/mol. The molecule has 1 unspecified atom stereocenters. The highest BCUT2D eigenvalue weighted by Crippen LogP contribution is 2.41. The number of carbonyl (C=O) groups is 3. The molecule has 0 spiro atoms. The summed E-state index contributed by atoms with van der Waals surface area (Å²) >= 11 is 0. The van der Waals surface area contributed by atoms with Gasteiger partial charge in [-0.25, -0.2) is 0 Å². The molecule has 9 nitrogen and oxygen atoms in total. The number of piperazine rings is 1. The van der Waals surface area contributed by atoms with Crippen LogP contribution in [0.2, 0.25) is 0 Å². The van der Waals surface area contributed by atoms with Crippen LogP contribution in [0, 0.1) is 5.92 Å². The van der Waals surface area contributed by atoms with Crippen molar-refractivity contribution in [2.24, 2.45) is 5.92 Å². The first-order valence-electron chi connectivity index (χ1n) is 16.5. The van der Waals surface area contributed by atoms with Crippen LogP contribution < -0.4 is 19.7 Å². The van der Waals surface area contributed by atoms with Crippen molar-refractivity contribution < 1.29 is 23.9 Å². The Morgan fingerprint density at radius 2 is 1.61 bits per heavy atom. The average molecular weight is 625 g/mol. The fraction of sp³-hybridized carbons (Fsp3) is 0.432. The Labute approximate surface area is 271 Å². The number of nitrogens with one attached hydrogen (secondary N) is 1. The number of anilines is 1. The molecule has 46 heavy (non-hydrogen) atoms. The van der Waals surface area contributed by atoms with Crippen molar-refractivity contribution in [1.82, 2.24) is 15.1 Å². The first-order valence-corrected chi connectivity index (χ1v) is 16.5. The van der Waals surface area contributed by atoms with Crippen molar-refractivity contribution in [2.45, 2.75) is 51.1 Å². The van der Waals surface area contributed by atoms with Crippen molar-refractivity contribution >= 4 is 23.4 Å². The molecule has 3 aliphatic rings. The van der Waals surface area contributed by atoms with E-state index in [4.69, 9.17) is 9.47 Å². The Kier molecular flexibility index (Phi) is 9.59. The molecule has 1 N–H and O–H groups in total. The lowest BCUT2D eigenvalue weighted by Crippen LogP contribution is -2.47. The normalized spacial score (nSPS) is 18.2. The molecule has 242 valence electrons. The van der Waals surface area contributed by atoms with Crippen LogP contribution in [0.15, 0.2) is 66.7 Å². The van der Waals surface area contributed by atoms with Gasteiger partial charge in [-0.15, -0.1) is 0 Å². The zero-order valence-corrected chi connectivity index (χ0v) is 27.0. The van der Waals surface area contributed by atoms with Crippen LogP contribution in [-0.2, 0) is 4.79 Å². The van der Waals surface area contributed by atoms with Crippen LogP contribution in [0.25, 0.3) is 0 Å². The molecule has 3 aromatic carbocycles. The number of nitrogens with zero attached hydrogens (tertiary/aromatic N) is 3. The molecule has 0 radical (unpaired) electrons. The van der Waals surface area contributed by atoms with E-state index in [-0.39, 0.29) is 23.6 Å². The maximum Gasteiger partial charge on any atom is 0.264 e. The van der Waals surface area contributed by atoms with Gasteiger partial charge in [0.25, 0.3) is 11.8 Å². The summed E-state index contributed by atoms with van der Waals surface area (Å²) in [6.07, 6.45) is 4.09. The zero-order chi connectivity index (χ0) is 32.2. The summed E-state index contributed by atoms with van der Waals surface area (Å²) in [6.45, 7) is 5.94. The SMILES string of the molecule is COc1ccc([C@@H](CCCNC(=O)C2CCC2)N2C(=O)c3cccc(N4CCN(C(C)c5ccccc5)CC4)c3C2=O)cc1OC. The standard InChI is InChI=1S/C37H44N4O5/c1-25(26-10-5-4-6-11-26)39-20-22-40(23-21-39)31-15-8-14-29-34(31)37(44)41(36(29)43)30(16-9-19-38-35(42)27-12-7-13-27)28-17-18-32(45-2)33(24-28)46-3/h4-6,8,10-11,14-15,17-18,24-25,27,30H,7,9,12-13,16,19-23H2,1-3H3,(H,38,42)/t25?,30-/m1/s1. The number of imide groups is 1. The Morgan fingerprint density at radius 1 is 0.870 bits per heavy atom. The number of benzene rings is 3. The Bertz CT molecular complexity index is 1570. The summed E-state index contributed by atoms with van der Waals surface area (Å²) in [5.74, 6) is 0.731. The van der Waals surface area contributed by atoms with Gasteiger partial charge in [0.2, 0.25) is 5.91 Å². The van der Waals surface area contributed by atoms with Crippen molar-refractivity contribution in [3.05, 3.63) is 89.0 Å². The van der Waals surface area contributed by atoms with E-state index < -0.39 is 6.04 Å². The van der Waals surface area contributed by atoms with E-state index in [1.165, 1.54) is 10.5 Å². The van der Waals surface area contributed by atoms with Crippen LogP contribution in [-0.4, -0.2) is 74.5 Å². The molecule has 3 aromatic rings. The summed E-state index contributed by atoms with van der Waals surface area (Å²) in [5, 5.41) is 3.05. The maximum atomic E-state index is 14.3. The van der Waals surface area contributed by atoms with Crippen LogP contribution in [0.3, 0.4) is 0 Å². The third-order valence-electron chi connectivity index (χ3n) is 9.94. The minimum absolute atomic E-state index is 0.0950. The van der Waals surface area contributed by atoms with Crippen molar-refractivity contribution in [1.29, 1.82) is 0 Å². The Balaban J connectivity index is 1.22. The second-order valence-electron chi connectivity index (χ2n) is 12.5. The summed E-state index contributed by atoms with van der Waals surface area (Å²) < 4.78 is 11.0. The fourth-order valence-corrected chi connectivity index (χ4v) is 6.95. The predicted octanol–water partition coefficient (Wildman–Crippen LogP) is 5.62. The van der Waals surface area contributed by atoms with Crippen LogP contribution in [0.1, 0.15) is 83.0 Å². The topological polar surface area (TPSA) is 91.4 Å². The highest BCUT2D eigenvalue weighted by Gasteiger charge is 2.43. The van der Waals surface area contributed by atoms with Crippen molar-refractivity contribution in [2.75, 3.05) is 51.8 Å². The highest BCUT2D eigenvalue weighted by atomic mass is 16.5. The highest BCUT2D eigenvalue weighted by molar-refractivity contribution is 6.24. The molecule has 0 aromatic heterocycles. The van der Waals surface area contributed by atoms with Crippen LogP contribution >= 0.6 is 0 Å². The molecule has 2 aliphatic heterocycles. The molecular weight excluding hydrogens is 580 g/mol. The van der Waals surface area contributed by atoms with Crippen molar-refractivity contribution in [3.8, 4) is 11.5 Å². The monoisotopic (exact) mass is 624 g/mol. The van der Waals surface area contributed by atoms with Gasteiger partial charge in [0, 0.05) is 44.7 Å².